The van der Waals surface area contributed by atoms with Gasteiger partial charge in [0.15, 0.2) is 5.76 Å². The number of hydrogen-bond donors (Lipinski definition) is 0. The minimum absolute atomic E-state index is 0.0207. The van der Waals surface area contributed by atoms with Crippen LogP contribution < -0.4 is 0 Å². The Morgan fingerprint density at radius 2 is 1.88 bits per heavy atom. The van der Waals surface area contributed by atoms with E-state index >= 15 is 0 Å². The summed E-state index contributed by atoms with van der Waals surface area (Å²) in [4.78, 5) is 24.8. The summed E-state index contributed by atoms with van der Waals surface area (Å²) in [6.07, 6.45) is 1.99. The number of aromatic nitrogens is 1. The summed E-state index contributed by atoms with van der Waals surface area (Å²) in [5.41, 5.74) is 1.99. The topological polar surface area (TPSA) is 81.5 Å². The molecule has 2 aromatic heterocycles. The van der Waals surface area contributed by atoms with Crippen molar-refractivity contribution in [3.8, 4) is 0 Å². The third-order valence-corrected chi connectivity index (χ3v) is 4.40. The summed E-state index contributed by atoms with van der Waals surface area (Å²) >= 11 is 0. The van der Waals surface area contributed by atoms with Crippen LogP contribution in [0.25, 0.3) is 0 Å². The van der Waals surface area contributed by atoms with Crippen LogP contribution in [0.2, 0.25) is 0 Å². The van der Waals surface area contributed by atoms with Gasteiger partial charge in [0.1, 0.15) is 4.92 Å². The summed E-state index contributed by atoms with van der Waals surface area (Å²) in [6.45, 7) is 1.16. The zero-order valence-electron chi connectivity index (χ0n) is 13.2. The molecule has 3 heterocycles. The Morgan fingerprint density at radius 1 is 1.08 bits per heavy atom. The smallest absolute Gasteiger partial charge is 0.395 e. The second kappa shape index (κ2) is 5.94. The molecular formula is C18H15N3O4. The van der Waals surface area contributed by atoms with Crippen molar-refractivity contribution in [1.29, 1.82) is 0 Å². The number of hydrogen-bond acceptors (Lipinski definition) is 4. The lowest BCUT2D eigenvalue weighted by Gasteiger charge is -2.36. The van der Waals surface area contributed by atoms with Crippen molar-refractivity contribution in [3.05, 3.63) is 87.9 Å². The Kier molecular flexibility index (Phi) is 3.61. The molecule has 1 amide bonds. The molecule has 1 aliphatic heterocycles. The van der Waals surface area contributed by atoms with E-state index in [1.165, 1.54) is 12.1 Å². The van der Waals surface area contributed by atoms with Crippen LogP contribution in [0.15, 0.2) is 65.2 Å². The highest BCUT2D eigenvalue weighted by Gasteiger charge is 2.34. The van der Waals surface area contributed by atoms with Gasteiger partial charge in [0.05, 0.1) is 12.1 Å². The Labute approximate surface area is 143 Å². The normalized spacial score (nSPS) is 16.5. The molecule has 1 aromatic carbocycles. The summed E-state index contributed by atoms with van der Waals surface area (Å²) in [5, 5.41) is 10.8. The van der Waals surface area contributed by atoms with E-state index in [9.17, 15) is 14.9 Å². The van der Waals surface area contributed by atoms with Gasteiger partial charge in [-0.3, -0.25) is 14.9 Å². The molecule has 0 saturated heterocycles. The van der Waals surface area contributed by atoms with Gasteiger partial charge in [0, 0.05) is 25.0 Å². The number of rotatable bonds is 3. The van der Waals surface area contributed by atoms with Crippen LogP contribution in [0, 0.1) is 10.1 Å². The van der Waals surface area contributed by atoms with E-state index in [-0.39, 0.29) is 17.7 Å². The molecule has 126 valence electrons. The second-order valence-corrected chi connectivity index (χ2v) is 5.83. The van der Waals surface area contributed by atoms with Crippen molar-refractivity contribution in [2.45, 2.75) is 12.6 Å². The van der Waals surface area contributed by atoms with Crippen molar-refractivity contribution in [3.63, 3.8) is 0 Å². The van der Waals surface area contributed by atoms with Crippen LogP contribution in [-0.2, 0) is 6.54 Å². The van der Waals surface area contributed by atoms with Gasteiger partial charge in [-0.15, -0.1) is 0 Å². The molecule has 0 bridgehead atoms. The number of benzene rings is 1. The third kappa shape index (κ3) is 2.59. The Morgan fingerprint density at radius 3 is 2.60 bits per heavy atom. The fraction of sp³-hybridized carbons (Fsp3) is 0.167. The first-order valence-electron chi connectivity index (χ1n) is 7.90. The van der Waals surface area contributed by atoms with E-state index in [0.717, 1.165) is 11.3 Å². The average Bonchev–Trinajstić information content (AvgIpc) is 3.30. The first kappa shape index (κ1) is 15.2. The Hall–Kier alpha value is -3.35. The molecule has 0 fully saturated rings. The van der Waals surface area contributed by atoms with Crippen molar-refractivity contribution in [2.24, 2.45) is 0 Å². The summed E-state index contributed by atoms with van der Waals surface area (Å²) in [6, 6.07) is 16.0. The third-order valence-electron chi connectivity index (χ3n) is 4.40. The monoisotopic (exact) mass is 337 g/mol. The number of carbonyl (C=O) groups is 1. The van der Waals surface area contributed by atoms with Crippen LogP contribution in [-0.4, -0.2) is 26.8 Å². The van der Waals surface area contributed by atoms with E-state index in [0.29, 0.717) is 13.1 Å². The number of amides is 1. The van der Waals surface area contributed by atoms with E-state index < -0.39 is 10.8 Å². The molecule has 1 unspecified atom stereocenters. The fourth-order valence-corrected chi connectivity index (χ4v) is 3.27. The van der Waals surface area contributed by atoms with Gasteiger partial charge in [-0.2, -0.15) is 0 Å². The van der Waals surface area contributed by atoms with Crippen LogP contribution in [0.4, 0.5) is 5.88 Å². The van der Waals surface area contributed by atoms with Gasteiger partial charge < -0.3 is 13.9 Å². The average molecular weight is 337 g/mol. The molecule has 1 atom stereocenters. The number of furan rings is 1. The van der Waals surface area contributed by atoms with Crippen LogP contribution >= 0.6 is 0 Å². The Balaban J connectivity index is 1.74. The van der Waals surface area contributed by atoms with Gasteiger partial charge in [0.25, 0.3) is 5.91 Å². The van der Waals surface area contributed by atoms with Crippen molar-refractivity contribution in [1.82, 2.24) is 9.47 Å². The first-order valence-corrected chi connectivity index (χ1v) is 7.90. The summed E-state index contributed by atoms with van der Waals surface area (Å²) in [5.74, 6) is -0.804. The van der Waals surface area contributed by atoms with Gasteiger partial charge in [-0.25, -0.2) is 0 Å². The minimum atomic E-state index is -0.646. The van der Waals surface area contributed by atoms with E-state index in [4.69, 9.17) is 4.42 Å². The van der Waals surface area contributed by atoms with E-state index in [2.05, 4.69) is 4.57 Å². The SMILES string of the molecule is O=C(c1ccc([N+](=O)[O-])o1)N1CCn2cccc2C1c1ccccc1. The van der Waals surface area contributed by atoms with Gasteiger partial charge in [-0.1, -0.05) is 30.3 Å². The maximum Gasteiger partial charge on any atom is 0.433 e. The largest absolute Gasteiger partial charge is 0.433 e. The number of fused-ring (bicyclic) bond motifs is 1. The fourth-order valence-electron chi connectivity index (χ4n) is 3.27. The zero-order chi connectivity index (χ0) is 17.4. The van der Waals surface area contributed by atoms with Crippen molar-refractivity contribution >= 4 is 11.8 Å². The molecule has 0 N–H and O–H groups in total. The number of nitro groups is 1. The van der Waals surface area contributed by atoms with Crippen molar-refractivity contribution < 1.29 is 14.1 Å². The highest BCUT2D eigenvalue weighted by atomic mass is 16.6. The molecule has 1 aliphatic rings. The quantitative estimate of drug-likeness (QED) is 0.543. The van der Waals surface area contributed by atoms with Crippen LogP contribution in [0.5, 0.6) is 0 Å². The number of carbonyl (C=O) groups excluding carboxylic acids is 1. The molecule has 7 heteroatoms. The van der Waals surface area contributed by atoms with Gasteiger partial charge in [-0.05, 0) is 23.8 Å². The van der Waals surface area contributed by atoms with Crippen LogP contribution in [0.1, 0.15) is 27.9 Å². The molecule has 0 spiro atoms. The summed E-state index contributed by atoms with van der Waals surface area (Å²) in [7, 11) is 0. The maximum atomic E-state index is 13.0. The summed E-state index contributed by atoms with van der Waals surface area (Å²) < 4.78 is 7.23. The second-order valence-electron chi connectivity index (χ2n) is 5.83. The van der Waals surface area contributed by atoms with Crippen molar-refractivity contribution in [2.75, 3.05) is 6.54 Å². The minimum Gasteiger partial charge on any atom is -0.395 e. The molecule has 3 aromatic rings. The zero-order valence-corrected chi connectivity index (χ0v) is 13.2. The lowest BCUT2D eigenvalue weighted by atomic mass is 9.99. The molecule has 0 saturated carbocycles. The highest BCUT2D eigenvalue weighted by Crippen LogP contribution is 2.33. The number of nitrogens with zero attached hydrogens (tertiary/aromatic N) is 3. The lowest BCUT2D eigenvalue weighted by molar-refractivity contribution is -0.402. The van der Waals surface area contributed by atoms with Crippen LogP contribution in [0.3, 0.4) is 0 Å². The van der Waals surface area contributed by atoms with Gasteiger partial charge >= 0.3 is 5.88 Å². The van der Waals surface area contributed by atoms with E-state index in [1.807, 2.05) is 48.7 Å². The molecule has 0 aliphatic carbocycles. The predicted octanol–water partition coefficient (Wildman–Crippen LogP) is 3.23. The standard InChI is InChI=1S/C18H15N3O4/c22-18(15-8-9-16(25-15)21(23)24)20-12-11-19-10-4-7-14(19)17(20)13-5-2-1-3-6-13/h1-10,17H,11-12H2. The Bertz CT molecular complexity index is 929. The lowest BCUT2D eigenvalue weighted by Crippen LogP contribution is -2.42. The first-order chi connectivity index (χ1) is 12.1. The predicted molar refractivity (Wildman–Crippen MR) is 89.1 cm³/mol. The molecule has 4 rings (SSSR count). The van der Waals surface area contributed by atoms with E-state index in [1.54, 1.807) is 4.90 Å². The highest BCUT2D eigenvalue weighted by molar-refractivity contribution is 5.92. The molecular weight excluding hydrogens is 322 g/mol. The molecule has 7 nitrogen and oxygen atoms in total. The molecule has 0 radical (unpaired) electrons. The molecule has 25 heavy (non-hydrogen) atoms. The van der Waals surface area contributed by atoms with Gasteiger partial charge in [0.2, 0.25) is 0 Å². The maximum absolute atomic E-state index is 13.0.